The zero-order valence-electron chi connectivity index (χ0n) is 25.6. The van der Waals surface area contributed by atoms with E-state index in [1.54, 1.807) is 0 Å². The van der Waals surface area contributed by atoms with Gasteiger partial charge in [0.1, 0.15) is 11.2 Å². The Morgan fingerprint density at radius 3 is 2.00 bits per heavy atom. The monoisotopic (exact) mass is 603 g/mol. The highest BCUT2D eigenvalue weighted by atomic mass is 16.3. The molecule has 4 heteroatoms. The van der Waals surface area contributed by atoms with Gasteiger partial charge in [0, 0.05) is 27.5 Å². The molecule has 222 valence electrons. The van der Waals surface area contributed by atoms with Gasteiger partial charge in [0.05, 0.1) is 0 Å². The largest absolute Gasteiger partial charge is 0.456 e. The van der Waals surface area contributed by atoms with Crippen LogP contribution in [0.1, 0.15) is 17.5 Å². The van der Waals surface area contributed by atoms with Crippen LogP contribution in [0.15, 0.2) is 150 Å². The second kappa shape index (κ2) is 11.3. The molecule has 0 spiro atoms. The van der Waals surface area contributed by atoms with Crippen LogP contribution in [0.25, 0.3) is 84.4 Å². The van der Waals surface area contributed by atoms with Crippen molar-refractivity contribution in [2.75, 3.05) is 0 Å². The number of hydrogen-bond acceptors (Lipinski definition) is 4. The second-order valence-electron chi connectivity index (χ2n) is 11.9. The van der Waals surface area contributed by atoms with Gasteiger partial charge in [-0.15, -0.1) is 0 Å². The van der Waals surface area contributed by atoms with Gasteiger partial charge in [0.15, 0.2) is 17.5 Å². The summed E-state index contributed by atoms with van der Waals surface area (Å²) >= 11 is 0. The summed E-state index contributed by atoms with van der Waals surface area (Å²) in [5.41, 5.74) is 11.8. The number of aromatic nitrogens is 3. The third-order valence-electron chi connectivity index (χ3n) is 9.02. The fourth-order valence-corrected chi connectivity index (χ4v) is 6.78. The molecule has 47 heavy (non-hydrogen) atoms. The van der Waals surface area contributed by atoms with Crippen LogP contribution in [-0.4, -0.2) is 15.0 Å². The Bertz CT molecular complexity index is 2460. The molecule has 0 N–H and O–H groups in total. The molecule has 8 aromatic rings. The fraction of sp³-hybridized carbons (Fsp3) is 0.0465. The summed E-state index contributed by atoms with van der Waals surface area (Å²) in [5.74, 6) is 1.86. The average Bonchev–Trinajstić information content (AvgIpc) is 3.54. The van der Waals surface area contributed by atoms with E-state index in [2.05, 4.69) is 91.0 Å². The summed E-state index contributed by atoms with van der Waals surface area (Å²) < 4.78 is 6.23. The van der Waals surface area contributed by atoms with E-state index < -0.39 is 0 Å². The lowest BCUT2D eigenvalue weighted by Gasteiger charge is -2.19. The lowest BCUT2D eigenvalue weighted by Crippen LogP contribution is -2.01. The van der Waals surface area contributed by atoms with Gasteiger partial charge in [0.2, 0.25) is 0 Å². The lowest BCUT2D eigenvalue weighted by molar-refractivity contribution is 0.669. The number of fused-ring (bicyclic) bond motifs is 4. The fourth-order valence-electron chi connectivity index (χ4n) is 6.78. The van der Waals surface area contributed by atoms with Crippen LogP contribution in [0.5, 0.6) is 0 Å². The van der Waals surface area contributed by atoms with E-state index in [1.165, 1.54) is 27.8 Å². The number of rotatable bonds is 5. The number of furan rings is 1. The minimum atomic E-state index is 0.611. The van der Waals surface area contributed by atoms with E-state index in [1.807, 2.05) is 60.7 Å². The first-order chi connectivity index (χ1) is 23.3. The summed E-state index contributed by atoms with van der Waals surface area (Å²) in [7, 11) is 0. The number of aryl methyl sites for hydroxylation is 1. The number of hydrogen-bond donors (Lipinski definition) is 0. The SMILES string of the molecule is C1=Cc2c(cccc2-c2cc(-c3nc(-c4ccccc4)nc(-c4cccc5oc6ccccc6c45)n3)ccc2-c2ccccc2)CC1. The molecule has 0 saturated carbocycles. The highest BCUT2D eigenvalue weighted by Gasteiger charge is 2.20. The highest BCUT2D eigenvalue weighted by molar-refractivity contribution is 6.11. The minimum absolute atomic E-state index is 0.611. The molecule has 2 heterocycles. The molecular formula is C43H29N3O. The predicted molar refractivity (Wildman–Crippen MR) is 192 cm³/mol. The Kier molecular flexibility index (Phi) is 6.57. The minimum Gasteiger partial charge on any atom is -0.456 e. The molecule has 4 nitrogen and oxygen atoms in total. The summed E-state index contributed by atoms with van der Waals surface area (Å²) in [5, 5.41) is 2.04. The van der Waals surface area contributed by atoms with Crippen LogP contribution in [-0.2, 0) is 6.42 Å². The van der Waals surface area contributed by atoms with E-state index in [0.29, 0.717) is 17.5 Å². The first kappa shape index (κ1) is 27.2. The maximum absolute atomic E-state index is 6.23. The van der Waals surface area contributed by atoms with Crippen LogP contribution in [0.3, 0.4) is 0 Å². The summed E-state index contributed by atoms with van der Waals surface area (Å²) in [6, 6.07) is 48.2. The molecule has 0 saturated heterocycles. The number of benzene rings is 6. The van der Waals surface area contributed by atoms with E-state index in [4.69, 9.17) is 19.4 Å². The van der Waals surface area contributed by atoms with Crippen molar-refractivity contribution >= 4 is 28.0 Å². The molecule has 0 unspecified atom stereocenters. The zero-order chi connectivity index (χ0) is 31.2. The van der Waals surface area contributed by atoms with Crippen molar-refractivity contribution in [3.63, 3.8) is 0 Å². The van der Waals surface area contributed by atoms with Crippen molar-refractivity contribution in [3.05, 3.63) is 157 Å². The van der Waals surface area contributed by atoms with Gasteiger partial charge < -0.3 is 4.42 Å². The standard InChI is InChI=1S/C43H29N3O/c1-3-13-28(14-4-1)33-26-25-31(27-37(33)34-21-11-18-29-15-7-8-19-32(29)34)42-44-41(30-16-5-2-6-17-30)45-43(46-42)36-22-12-24-39-40(36)35-20-9-10-23-38(35)47-39/h1-6,8-14,16-27H,7,15H2. The van der Waals surface area contributed by atoms with Crippen LogP contribution < -0.4 is 0 Å². The smallest absolute Gasteiger partial charge is 0.164 e. The predicted octanol–water partition coefficient (Wildman–Crippen LogP) is 11.1. The van der Waals surface area contributed by atoms with Gasteiger partial charge in [-0.05, 0) is 64.4 Å². The molecule has 0 fully saturated rings. The average molecular weight is 604 g/mol. The van der Waals surface area contributed by atoms with Crippen LogP contribution >= 0.6 is 0 Å². The van der Waals surface area contributed by atoms with Gasteiger partial charge in [-0.2, -0.15) is 0 Å². The third-order valence-corrected chi connectivity index (χ3v) is 9.02. The topological polar surface area (TPSA) is 51.8 Å². The summed E-state index contributed by atoms with van der Waals surface area (Å²) in [4.78, 5) is 15.3. The van der Waals surface area contributed by atoms with Crippen molar-refractivity contribution in [1.29, 1.82) is 0 Å². The van der Waals surface area contributed by atoms with Gasteiger partial charge in [-0.1, -0.05) is 133 Å². The molecule has 0 bridgehead atoms. The molecule has 0 aliphatic heterocycles. The van der Waals surface area contributed by atoms with E-state index in [9.17, 15) is 0 Å². The quantitative estimate of drug-likeness (QED) is 0.196. The first-order valence-electron chi connectivity index (χ1n) is 16.0. The van der Waals surface area contributed by atoms with Crippen LogP contribution in [0.2, 0.25) is 0 Å². The molecule has 1 aliphatic carbocycles. The maximum Gasteiger partial charge on any atom is 0.164 e. The lowest BCUT2D eigenvalue weighted by atomic mass is 9.86. The molecule has 9 rings (SSSR count). The van der Waals surface area contributed by atoms with Crippen LogP contribution in [0, 0.1) is 0 Å². The Balaban J connectivity index is 1.29. The molecule has 0 radical (unpaired) electrons. The third kappa shape index (κ3) is 4.82. The molecule has 0 amide bonds. The summed E-state index contributed by atoms with van der Waals surface area (Å²) in [6.45, 7) is 0. The van der Waals surface area contributed by atoms with Crippen molar-refractivity contribution in [2.24, 2.45) is 0 Å². The zero-order valence-corrected chi connectivity index (χ0v) is 25.6. The molecule has 2 aromatic heterocycles. The highest BCUT2D eigenvalue weighted by Crippen LogP contribution is 2.40. The summed E-state index contributed by atoms with van der Waals surface area (Å²) in [6.07, 6.45) is 6.67. The first-order valence-corrected chi connectivity index (χ1v) is 16.0. The van der Waals surface area contributed by atoms with Crippen molar-refractivity contribution < 1.29 is 4.42 Å². The van der Waals surface area contributed by atoms with E-state index in [0.717, 1.165) is 57.0 Å². The Hall–Kier alpha value is -6.13. The molecular weight excluding hydrogens is 574 g/mol. The van der Waals surface area contributed by atoms with Gasteiger partial charge in [0.25, 0.3) is 0 Å². The number of para-hydroxylation sites is 1. The van der Waals surface area contributed by atoms with Crippen molar-refractivity contribution in [1.82, 2.24) is 15.0 Å². The molecule has 6 aromatic carbocycles. The second-order valence-corrected chi connectivity index (χ2v) is 11.9. The van der Waals surface area contributed by atoms with Crippen LogP contribution in [0.4, 0.5) is 0 Å². The van der Waals surface area contributed by atoms with E-state index >= 15 is 0 Å². The Labute approximate surface area is 272 Å². The van der Waals surface area contributed by atoms with Gasteiger partial charge in [-0.25, -0.2) is 15.0 Å². The normalized spacial score (nSPS) is 12.4. The molecule has 0 atom stereocenters. The maximum atomic E-state index is 6.23. The number of nitrogens with zero attached hydrogens (tertiary/aromatic N) is 3. The van der Waals surface area contributed by atoms with Crippen molar-refractivity contribution in [3.8, 4) is 56.4 Å². The Morgan fingerprint density at radius 1 is 0.468 bits per heavy atom. The Morgan fingerprint density at radius 2 is 1.15 bits per heavy atom. The molecule has 1 aliphatic rings. The van der Waals surface area contributed by atoms with Crippen molar-refractivity contribution in [2.45, 2.75) is 12.8 Å². The van der Waals surface area contributed by atoms with E-state index in [-0.39, 0.29) is 0 Å². The van der Waals surface area contributed by atoms with Gasteiger partial charge in [-0.3, -0.25) is 0 Å². The number of allylic oxidation sites excluding steroid dienone is 1. The van der Waals surface area contributed by atoms with Gasteiger partial charge >= 0.3 is 0 Å².